The van der Waals surface area contributed by atoms with Crippen LogP contribution in [0, 0.1) is 27.7 Å². The smallest absolute Gasteiger partial charge is 0.166 e. The molecule has 0 aliphatic heterocycles. The number of nitrogens with zero attached hydrogens (tertiary/aromatic N) is 8. The van der Waals surface area contributed by atoms with E-state index in [-0.39, 0.29) is 0 Å². The maximum Gasteiger partial charge on any atom is 0.166 e. The molecule has 0 aliphatic carbocycles. The van der Waals surface area contributed by atoms with Crippen molar-refractivity contribution >= 4 is 43.6 Å². The summed E-state index contributed by atoms with van der Waals surface area (Å²) in [4.78, 5) is 32.1. The molecule has 0 saturated heterocycles. The van der Waals surface area contributed by atoms with Gasteiger partial charge in [0.2, 0.25) is 0 Å². The summed E-state index contributed by atoms with van der Waals surface area (Å²) in [5.41, 5.74) is 29.7. The van der Waals surface area contributed by atoms with E-state index in [0.29, 0.717) is 34.9 Å². The maximum atomic E-state index is 5.44. The molecule has 0 unspecified atom stereocenters. The number of benzene rings is 15. The fourth-order valence-corrected chi connectivity index (χ4v) is 15.7. The van der Waals surface area contributed by atoms with E-state index >= 15 is 0 Å². The van der Waals surface area contributed by atoms with Gasteiger partial charge in [0.1, 0.15) is 0 Å². The molecule has 0 atom stereocenters. The van der Waals surface area contributed by atoms with Gasteiger partial charge in [-0.25, -0.2) is 29.9 Å². The van der Waals surface area contributed by atoms with Crippen LogP contribution in [0.2, 0.25) is 0 Å². The first-order valence-electron chi connectivity index (χ1n) is 36.7. The standard InChI is InChI=1S/C100H70N8/c1-63-26-17-21-40-79(63)75-46-52-89-85(57-75)86-58-76(80-41-22-18-27-64(80)2)47-53-90(86)107(89)93-61-73(44-50-83(93)99-103-95(67-30-9-5-10-31-67)101-96(104-99)68-32-11-6-12-33-68)71-38-25-39-72(56-71)74-45-51-84(100-105-97(69-34-13-7-14-35-69)102-98(106-100)70-36-15-8-16-37-70)94(62-74)108-91-54-48-77(81-42-23-19-28-65(81)3)59-87(91)88-60-78(49-55-92(88)108)82-43-24-20-29-66(82)4/h5-62H,1-4H3. The fourth-order valence-electron chi connectivity index (χ4n) is 15.7. The highest BCUT2D eigenvalue weighted by Gasteiger charge is 2.26. The second kappa shape index (κ2) is 27.2. The Balaban J connectivity index is 0.844. The van der Waals surface area contributed by atoms with Gasteiger partial charge in [0, 0.05) is 54.9 Å². The molecule has 19 rings (SSSR count). The molecule has 0 amide bonds. The minimum absolute atomic E-state index is 0.557. The molecule has 0 aliphatic rings. The van der Waals surface area contributed by atoms with Crippen molar-refractivity contribution in [2.75, 3.05) is 0 Å². The molecule has 0 saturated carbocycles. The van der Waals surface area contributed by atoms with E-state index < -0.39 is 0 Å². The number of rotatable bonds is 14. The van der Waals surface area contributed by atoms with Crippen molar-refractivity contribution in [2.45, 2.75) is 27.7 Å². The highest BCUT2D eigenvalue weighted by atomic mass is 15.1. The summed E-state index contributed by atoms with van der Waals surface area (Å²) >= 11 is 0. The van der Waals surface area contributed by atoms with Crippen LogP contribution in [0.5, 0.6) is 0 Å². The summed E-state index contributed by atoms with van der Waals surface area (Å²) < 4.78 is 4.87. The Morgan fingerprint density at radius 3 is 0.676 bits per heavy atom. The van der Waals surface area contributed by atoms with Gasteiger partial charge in [-0.05, 0) is 196 Å². The quantitative estimate of drug-likeness (QED) is 0.108. The third-order valence-corrected chi connectivity index (χ3v) is 21.2. The Kier molecular flexibility index (Phi) is 16.3. The predicted octanol–water partition coefficient (Wildman–Crippen LogP) is 25.5. The molecule has 8 heteroatoms. The Bertz CT molecular complexity index is 5990. The van der Waals surface area contributed by atoms with Crippen LogP contribution in [0.1, 0.15) is 22.3 Å². The molecular weight excluding hydrogens is 1310 g/mol. The van der Waals surface area contributed by atoms with Crippen LogP contribution in [0.15, 0.2) is 352 Å². The molecule has 19 aromatic rings. The van der Waals surface area contributed by atoms with Crippen molar-refractivity contribution < 1.29 is 0 Å². The largest absolute Gasteiger partial charge is 0.308 e. The number of hydrogen-bond donors (Lipinski definition) is 0. The van der Waals surface area contributed by atoms with E-state index in [1.54, 1.807) is 0 Å². The van der Waals surface area contributed by atoms with E-state index in [0.717, 1.165) is 133 Å². The van der Waals surface area contributed by atoms with Gasteiger partial charge in [0.25, 0.3) is 0 Å². The highest BCUT2D eigenvalue weighted by molar-refractivity contribution is 6.14. The zero-order chi connectivity index (χ0) is 72.3. The average molecular weight is 1380 g/mol. The molecule has 0 N–H and O–H groups in total. The van der Waals surface area contributed by atoms with Crippen LogP contribution in [-0.4, -0.2) is 39.0 Å². The lowest BCUT2D eigenvalue weighted by atomic mass is 9.96. The van der Waals surface area contributed by atoms with Gasteiger partial charge in [-0.15, -0.1) is 0 Å². The zero-order valence-electron chi connectivity index (χ0n) is 60.1. The number of hydrogen-bond acceptors (Lipinski definition) is 6. The molecule has 108 heavy (non-hydrogen) atoms. The van der Waals surface area contributed by atoms with Crippen molar-refractivity contribution in [1.29, 1.82) is 0 Å². The first-order valence-corrected chi connectivity index (χ1v) is 36.7. The van der Waals surface area contributed by atoms with Crippen molar-refractivity contribution in [1.82, 2.24) is 39.0 Å². The summed E-state index contributed by atoms with van der Waals surface area (Å²) in [6.45, 7) is 8.77. The van der Waals surface area contributed by atoms with Crippen molar-refractivity contribution in [3.8, 4) is 146 Å². The first kappa shape index (κ1) is 64.7. The van der Waals surface area contributed by atoms with Crippen molar-refractivity contribution in [2.24, 2.45) is 0 Å². The van der Waals surface area contributed by atoms with Crippen LogP contribution in [-0.2, 0) is 0 Å². The summed E-state index contributed by atoms with van der Waals surface area (Å²) in [6, 6.07) is 126. The van der Waals surface area contributed by atoms with Gasteiger partial charge in [-0.2, -0.15) is 0 Å². The summed E-state index contributed by atoms with van der Waals surface area (Å²) in [5, 5.41) is 4.54. The molecule has 0 radical (unpaired) electrons. The lowest BCUT2D eigenvalue weighted by molar-refractivity contribution is 1.06. The van der Waals surface area contributed by atoms with Gasteiger partial charge in [0.15, 0.2) is 34.9 Å². The van der Waals surface area contributed by atoms with Gasteiger partial charge in [-0.1, -0.05) is 273 Å². The number of fused-ring (bicyclic) bond motifs is 6. The average Bonchev–Trinajstić information content (AvgIpc) is 1.56. The van der Waals surface area contributed by atoms with E-state index in [4.69, 9.17) is 29.9 Å². The van der Waals surface area contributed by atoms with Crippen LogP contribution >= 0.6 is 0 Å². The van der Waals surface area contributed by atoms with Crippen LogP contribution in [0.4, 0.5) is 0 Å². The molecule has 0 spiro atoms. The lowest BCUT2D eigenvalue weighted by Gasteiger charge is -2.18. The highest BCUT2D eigenvalue weighted by Crippen LogP contribution is 2.46. The lowest BCUT2D eigenvalue weighted by Crippen LogP contribution is -2.04. The predicted molar refractivity (Wildman–Crippen MR) is 446 cm³/mol. The molecule has 0 bridgehead atoms. The Hall–Kier alpha value is -14.1. The molecule has 4 heterocycles. The van der Waals surface area contributed by atoms with Gasteiger partial charge in [0.05, 0.1) is 33.4 Å². The second-order valence-electron chi connectivity index (χ2n) is 28.0. The van der Waals surface area contributed by atoms with Crippen molar-refractivity contribution in [3.05, 3.63) is 374 Å². The second-order valence-corrected chi connectivity index (χ2v) is 28.0. The maximum absolute atomic E-state index is 5.44. The monoisotopic (exact) mass is 1380 g/mol. The molecule has 15 aromatic carbocycles. The normalized spacial score (nSPS) is 11.5. The van der Waals surface area contributed by atoms with Crippen LogP contribution in [0.3, 0.4) is 0 Å². The van der Waals surface area contributed by atoms with Crippen LogP contribution in [0.25, 0.3) is 190 Å². The van der Waals surface area contributed by atoms with E-state index in [1.807, 2.05) is 72.8 Å². The van der Waals surface area contributed by atoms with Gasteiger partial charge in [-0.3, -0.25) is 0 Å². The van der Waals surface area contributed by atoms with Crippen molar-refractivity contribution in [3.63, 3.8) is 0 Å². The fraction of sp³-hybridized carbons (Fsp3) is 0.0400. The number of aromatic nitrogens is 8. The number of aryl methyl sites for hydroxylation is 4. The Morgan fingerprint density at radius 1 is 0.167 bits per heavy atom. The summed E-state index contributed by atoms with van der Waals surface area (Å²) in [5.74, 6) is 3.46. The van der Waals surface area contributed by atoms with Gasteiger partial charge < -0.3 is 9.13 Å². The topological polar surface area (TPSA) is 87.2 Å². The van der Waals surface area contributed by atoms with Gasteiger partial charge >= 0.3 is 0 Å². The Labute approximate surface area is 627 Å². The third kappa shape index (κ3) is 11.8. The third-order valence-electron chi connectivity index (χ3n) is 21.2. The summed E-state index contributed by atoms with van der Waals surface area (Å²) in [6.07, 6.45) is 0. The molecule has 0 fully saturated rings. The minimum atomic E-state index is 0.557. The SMILES string of the molecule is Cc1ccccc1-c1ccc2c(c1)c1cc(-c3ccccc3C)ccc1n2-c1cc(-c2cccc(-c3ccc(-c4nc(-c5ccccc5)nc(-c5ccccc5)n4)c(-n4c5ccc(-c6ccccc6C)cc5c5cc(-c6ccccc6C)ccc54)c3)c2)ccc1-c1nc(-c2ccccc2)nc(-c2ccccc2)n1. The molecule has 4 aromatic heterocycles. The molecule has 510 valence electrons. The van der Waals surface area contributed by atoms with E-state index in [9.17, 15) is 0 Å². The van der Waals surface area contributed by atoms with E-state index in [1.165, 1.54) is 44.5 Å². The van der Waals surface area contributed by atoms with Crippen LogP contribution < -0.4 is 0 Å². The zero-order valence-corrected chi connectivity index (χ0v) is 60.1. The molecular formula is C100H70N8. The Morgan fingerprint density at radius 2 is 0.398 bits per heavy atom. The van der Waals surface area contributed by atoms with E-state index in [2.05, 4.69) is 316 Å². The summed E-state index contributed by atoms with van der Waals surface area (Å²) in [7, 11) is 0. The minimum Gasteiger partial charge on any atom is -0.308 e. The first-order chi connectivity index (χ1) is 53.2. The molecule has 8 nitrogen and oxygen atoms in total.